The van der Waals surface area contributed by atoms with E-state index in [0.717, 1.165) is 18.5 Å². The number of rotatable bonds is 6. The second kappa shape index (κ2) is 5.54. The van der Waals surface area contributed by atoms with E-state index < -0.39 is 0 Å². The van der Waals surface area contributed by atoms with Crippen LogP contribution in [0.3, 0.4) is 0 Å². The molecule has 0 amide bonds. The summed E-state index contributed by atoms with van der Waals surface area (Å²) in [5, 5.41) is 4.13. The van der Waals surface area contributed by atoms with Gasteiger partial charge in [0.2, 0.25) is 0 Å². The minimum Gasteiger partial charge on any atom is -0.377 e. The van der Waals surface area contributed by atoms with Gasteiger partial charge in [-0.15, -0.1) is 0 Å². The van der Waals surface area contributed by atoms with Crippen LogP contribution in [0.4, 0.5) is 0 Å². The van der Waals surface area contributed by atoms with E-state index >= 15 is 0 Å². The average molecular weight is 196 g/mol. The molecule has 4 nitrogen and oxygen atoms in total. The van der Waals surface area contributed by atoms with Crippen molar-refractivity contribution in [2.45, 2.75) is 26.3 Å². The first-order valence-corrected chi connectivity index (χ1v) is 4.78. The van der Waals surface area contributed by atoms with Gasteiger partial charge in [0.25, 0.3) is 0 Å². The van der Waals surface area contributed by atoms with Gasteiger partial charge in [-0.3, -0.25) is 9.48 Å². The van der Waals surface area contributed by atoms with Crippen LogP contribution in [0.5, 0.6) is 0 Å². The Balaban J connectivity index is 2.34. The van der Waals surface area contributed by atoms with Crippen molar-refractivity contribution in [1.29, 1.82) is 0 Å². The van der Waals surface area contributed by atoms with Gasteiger partial charge in [0.15, 0.2) is 5.78 Å². The van der Waals surface area contributed by atoms with Crippen molar-refractivity contribution >= 4 is 5.78 Å². The summed E-state index contributed by atoms with van der Waals surface area (Å²) >= 11 is 0. The van der Waals surface area contributed by atoms with E-state index in [1.54, 1.807) is 0 Å². The number of aromatic nitrogens is 2. The van der Waals surface area contributed by atoms with Crippen molar-refractivity contribution in [3.8, 4) is 0 Å². The molecule has 1 heterocycles. The fourth-order valence-corrected chi connectivity index (χ4v) is 1.23. The second-order valence-electron chi connectivity index (χ2n) is 3.18. The van der Waals surface area contributed by atoms with Crippen LogP contribution < -0.4 is 0 Å². The van der Waals surface area contributed by atoms with Crippen LogP contribution in [0, 0.1) is 0 Å². The molecule has 0 N–H and O–H groups in total. The molecule has 4 heteroatoms. The largest absolute Gasteiger partial charge is 0.377 e. The highest BCUT2D eigenvalue weighted by Crippen LogP contribution is 2.02. The maximum absolute atomic E-state index is 11.1. The van der Waals surface area contributed by atoms with Crippen LogP contribution in [0.1, 0.15) is 18.9 Å². The molecule has 0 radical (unpaired) electrons. The predicted molar refractivity (Wildman–Crippen MR) is 53.1 cm³/mol. The van der Waals surface area contributed by atoms with Gasteiger partial charge in [-0.1, -0.05) is 0 Å². The Hall–Kier alpha value is -1.16. The number of carbonyl (C=O) groups is 1. The number of hydrogen-bond donors (Lipinski definition) is 0. The maximum Gasteiger partial charge on any atom is 0.158 e. The number of ether oxygens (including phenoxy) is 1. The minimum absolute atomic E-state index is 0.136. The zero-order valence-electron chi connectivity index (χ0n) is 8.69. The quantitative estimate of drug-likeness (QED) is 0.683. The number of aryl methyl sites for hydroxylation is 2. The summed E-state index contributed by atoms with van der Waals surface area (Å²) in [6.45, 7) is 3.11. The summed E-state index contributed by atoms with van der Waals surface area (Å²) in [4.78, 5) is 11.1. The van der Waals surface area contributed by atoms with Crippen molar-refractivity contribution < 1.29 is 9.53 Å². The van der Waals surface area contributed by atoms with Gasteiger partial charge in [-0.05, 0) is 18.9 Å². The van der Waals surface area contributed by atoms with Gasteiger partial charge in [0.05, 0.1) is 6.20 Å². The Morgan fingerprint density at radius 2 is 2.43 bits per heavy atom. The summed E-state index contributed by atoms with van der Waals surface area (Å²) in [5.41, 5.74) is 1.11. The van der Waals surface area contributed by atoms with Gasteiger partial charge in [0, 0.05) is 26.3 Å². The molecule has 0 saturated heterocycles. The van der Waals surface area contributed by atoms with E-state index in [1.165, 1.54) is 7.11 Å². The Labute approximate surface area is 83.9 Å². The van der Waals surface area contributed by atoms with Crippen LogP contribution in [-0.4, -0.2) is 29.3 Å². The Morgan fingerprint density at radius 1 is 1.64 bits per heavy atom. The highest BCUT2D eigenvalue weighted by atomic mass is 16.5. The molecular formula is C10H16N2O2. The lowest BCUT2D eigenvalue weighted by atomic mass is 10.1. The lowest BCUT2D eigenvalue weighted by Gasteiger charge is -1.97. The molecule has 78 valence electrons. The molecule has 1 aromatic rings. The van der Waals surface area contributed by atoms with Gasteiger partial charge in [0.1, 0.15) is 6.61 Å². The molecule has 0 aliphatic heterocycles. The Kier molecular flexibility index (Phi) is 4.32. The van der Waals surface area contributed by atoms with Gasteiger partial charge in [-0.25, -0.2) is 0 Å². The molecule has 14 heavy (non-hydrogen) atoms. The van der Waals surface area contributed by atoms with Gasteiger partial charge in [-0.2, -0.15) is 5.10 Å². The molecule has 0 aliphatic rings. The third-order valence-corrected chi connectivity index (χ3v) is 2.01. The molecular weight excluding hydrogens is 180 g/mol. The van der Waals surface area contributed by atoms with Crippen LogP contribution >= 0.6 is 0 Å². The van der Waals surface area contributed by atoms with E-state index in [-0.39, 0.29) is 12.4 Å². The highest BCUT2D eigenvalue weighted by molar-refractivity contribution is 5.79. The molecule has 0 aromatic carbocycles. The summed E-state index contributed by atoms with van der Waals surface area (Å²) in [6.07, 6.45) is 5.06. The van der Waals surface area contributed by atoms with E-state index in [2.05, 4.69) is 5.10 Å². The SMILES string of the molecule is CCn1cc(CCC(=O)COC)cn1. The first-order valence-electron chi connectivity index (χ1n) is 4.78. The van der Waals surface area contributed by atoms with E-state index in [9.17, 15) is 4.79 Å². The number of carbonyl (C=O) groups excluding carboxylic acids is 1. The van der Waals surface area contributed by atoms with Crippen LogP contribution in [0.25, 0.3) is 0 Å². The second-order valence-corrected chi connectivity index (χ2v) is 3.18. The summed E-state index contributed by atoms with van der Waals surface area (Å²) in [5.74, 6) is 0.136. The molecule has 0 fully saturated rings. The third-order valence-electron chi connectivity index (χ3n) is 2.01. The molecule has 1 aromatic heterocycles. The van der Waals surface area contributed by atoms with Crippen molar-refractivity contribution in [2.75, 3.05) is 13.7 Å². The molecule has 0 unspecified atom stereocenters. The van der Waals surface area contributed by atoms with Gasteiger partial charge >= 0.3 is 0 Å². The molecule has 0 aliphatic carbocycles. The molecule has 0 atom stereocenters. The normalized spacial score (nSPS) is 10.4. The fraction of sp³-hybridized carbons (Fsp3) is 0.600. The Bertz CT molecular complexity index is 294. The summed E-state index contributed by atoms with van der Waals surface area (Å²) in [7, 11) is 1.53. The number of ketones is 1. The zero-order valence-corrected chi connectivity index (χ0v) is 8.69. The number of methoxy groups -OCH3 is 1. The highest BCUT2D eigenvalue weighted by Gasteiger charge is 2.03. The predicted octanol–water partition coefficient (Wildman–Crippen LogP) is 1.05. The van der Waals surface area contributed by atoms with E-state index in [4.69, 9.17) is 4.74 Å². The number of hydrogen-bond acceptors (Lipinski definition) is 3. The maximum atomic E-state index is 11.1. The lowest BCUT2D eigenvalue weighted by molar-refractivity contribution is -0.122. The monoisotopic (exact) mass is 196 g/mol. The lowest BCUT2D eigenvalue weighted by Crippen LogP contribution is -2.07. The van der Waals surface area contributed by atoms with Crippen LogP contribution in [-0.2, 0) is 22.5 Å². The van der Waals surface area contributed by atoms with Crippen molar-refractivity contribution in [3.05, 3.63) is 18.0 Å². The molecule has 0 bridgehead atoms. The number of nitrogens with zero attached hydrogens (tertiary/aromatic N) is 2. The first kappa shape index (κ1) is 10.9. The molecule has 1 rings (SSSR count). The van der Waals surface area contributed by atoms with Crippen LogP contribution in [0.15, 0.2) is 12.4 Å². The number of Topliss-reactive ketones (excluding diaryl/α,β-unsaturated/α-hetero) is 1. The molecule has 0 saturated carbocycles. The smallest absolute Gasteiger partial charge is 0.158 e. The Morgan fingerprint density at radius 3 is 3.00 bits per heavy atom. The zero-order chi connectivity index (χ0) is 10.4. The van der Waals surface area contributed by atoms with E-state index in [0.29, 0.717) is 6.42 Å². The first-order chi connectivity index (χ1) is 6.76. The standard InChI is InChI=1S/C10H16N2O2/c1-3-12-7-9(6-11-12)4-5-10(13)8-14-2/h6-7H,3-5,8H2,1-2H3. The third kappa shape index (κ3) is 3.30. The topological polar surface area (TPSA) is 44.1 Å². The average Bonchev–Trinajstić information content (AvgIpc) is 2.63. The van der Waals surface area contributed by atoms with E-state index in [1.807, 2.05) is 24.0 Å². The molecule has 0 spiro atoms. The summed E-state index contributed by atoms with van der Waals surface area (Å²) < 4.78 is 6.61. The van der Waals surface area contributed by atoms with Crippen molar-refractivity contribution in [2.24, 2.45) is 0 Å². The minimum atomic E-state index is 0.136. The van der Waals surface area contributed by atoms with Crippen molar-refractivity contribution in [3.63, 3.8) is 0 Å². The van der Waals surface area contributed by atoms with Gasteiger partial charge < -0.3 is 4.74 Å². The summed E-state index contributed by atoms with van der Waals surface area (Å²) in [6, 6.07) is 0. The van der Waals surface area contributed by atoms with Crippen LogP contribution in [0.2, 0.25) is 0 Å². The fourth-order valence-electron chi connectivity index (χ4n) is 1.23. The van der Waals surface area contributed by atoms with Crippen molar-refractivity contribution in [1.82, 2.24) is 9.78 Å².